The van der Waals surface area contributed by atoms with Crippen LogP contribution in [0.2, 0.25) is 0 Å². The summed E-state index contributed by atoms with van der Waals surface area (Å²) in [5.74, 6) is 0.243. The molecule has 1 heterocycles. The normalized spacial score (nSPS) is 23.6. The Bertz CT molecular complexity index is 618. The maximum absolute atomic E-state index is 12.5. The molecule has 0 radical (unpaired) electrons. The van der Waals surface area contributed by atoms with Gasteiger partial charge in [-0.25, -0.2) is 4.79 Å². The van der Waals surface area contributed by atoms with Gasteiger partial charge in [-0.1, -0.05) is 12.1 Å². The van der Waals surface area contributed by atoms with Crippen LogP contribution in [0.25, 0.3) is 0 Å². The van der Waals surface area contributed by atoms with Gasteiger partial charge < -0.3 is 20.1 Å². The molecule has 0 spiro atoms. The largest absolute Gasteiger partial charge is 0.467 e. The van der Waals surface area contributed by atoms with Gasteiger partial charge in [0.2, 0.25) is 0 Å². The summed E-state index contributed by atoms with van der Waals surface area (Å²) >= 11 is 0. The molecule has 1 aromatic rings. The Kier molecular flexibility index (Phi) is 7.24. The molecule has 6 nitrogen and oxygen atoms in total. The molecule has 0 unspecified atom stereocenters. The number of carbonyl (C=O) groups is 2. The Balaban J connectivity index is 1.43. The van der Waals surface area contributed by atoms with E-state index in [9.17, 15) is 9.59 Å². The highest BCUT2D eigenvalue weighted by Gasteiger charge is 2.24. The molecule has 2 aliphatic rings. The van der Waals surface area contributed by atoms with Crippen LogP contribution in [0.5, 0.6) is 0 Å². The Morgan fingerprint density at radius 2 is 1.70 bits per heavy atom. The zero-order valence-electron chi connectivity index (χ0n) is 16.0. The van der Waals surface area contributed by atoms with Gasteiger partial charge in [-0.2, -0.15) is 0 Å². The molecule has 0 atom stereocenters. The lowest BCUT2D eigenvalue weighted by atomic mass is 9.89. The Hall–Kier alpha value is -1.92. The van der Waals surface area contributed by atoms with E-state index < -0.39 is 0 Å². The molecule has 148 valence electrons. The van der Waals surface area contributed by atoms with E-state index in [1.165, 1.54) is 12.7 Å². The van der Waals surface area contributed by atoms with Crippen molar-refractivity contribution in [3.8, 4) is 0 Å². The van der Waals surface area contributed by atoms with E-state index in [1.54, 1.807) is 0 Å². The van der Waals surface area contributed by atoms with Gasteiger partial charge in [0.1, 0.15) is 6.61 Å². The first kappa shape index (κ1) is 19.8. The predicted octanol–water partition coefficient (Wildman–Crippen LogP) is 2.38. The monoisotopic (exact) mass is 374 g/mol. The molecule has 3 rings (SSSR count). The van der Waals surface area contributed by atoms with Gasteiger partial charge in [-0.15, -0.1) is 0 Å². The molecule has 0 bridgehead atoms. The fraction of sp³-hybridized carbons (Fsp3) is 0.619. The molecule has 1 aliphatic carbocycles. The molecule has 2 fully saturated rings. The number of carbonyl (C=O) groups excluding carboxylic acids is 2. The molecule has 2 N–H and O–H groups in total. The van der Waals surface area contributed by atoms with Crippen molar-refractivity contribution < 1.29 is 19.1 Å². The minimum absolute atomic E-state index is 0.00159. The fourth-order valence-electron chi connectivity index (χ4n) is 3.95. The van der Waals surface area contributed by atoms with Crippen molar-refractivity contribution >= 4 is 11.9 Å². The Morgan fingerprint density at radius 3 is 2.33 bits per heavy atom. The second-order valence-corrected chi connectivity index (χ2v) is 7.48. The molecule has 1 aromatic carbocycles. The molecule has 1 saturated carbocycles. The van der Waals surface area contributed by atoms with Crippen molar-refractivity contribution in [1.29, 1.82) is 0 Å². The highest BCUT2D eigenvalue weighted by atomic mass is 16.6. The Labute approximate surface area is 161 Å². The van der Waals surface area contributed by atoms with Crippen molar-refractivity contribution in [2.75, 3.05) is 26.8 Å². The minimum Gasteiger partial charge on any atom is -0.467 e. The summed E-state index contributed by atoms with van der Waals surface area (Å²) in [5, 5.41) is 6.52. The number of piperidine rings is 1. The standard InChI is InChI=1S/C21H30N2O4/c1-26-20(24)14-27-19-8-6-18(7-9-19)23-21(25)17-4-2-15(3-5-17)16-10-12-22-13-11-16/h2-5,16,18-19,22H,6-14H2,1H3,(H,23,25). The van der Waals surface area contributed by atoms with E-state index in [4.69, 9.17) is 4.74 Å². The van der Waals surface area contributed by atoms with Crippen LogP contribution in [0, 0.1) is 0 Å². The number of rotatable bonds is 6. The molecule has 1 aliphatic heterocycles. The van der Waals surface area contributed by atoms with Gasteiger partial charge in [0.15, 0.2) is 0 Å². The molecule has 0 aromatic heterocycles. The zero-order chi connectivity index (χ0) is 19.1. The van der Waals surface area contributed by atoms with Crippen molar-refractivity contribution in [2.45, 2.75) is 56.6 Å². The number of amides is 1. The SMILES string of the molecule is COC(=O)COC1CCC(NC(=O)c2ccc(C3CCNCC3)cc2)CC1. The van der Waals surface area contributed by atoms with Crippen LogP contribution < -0.4 is 10.6 Å². The van der Waals surface area contributed by atoms with Gasteiger partial charge >= 0.3 is 5.97 Å². The van der Waals surface area contributed by atoms with E-state index in [-0.39, 0.29) is 30.6 Å². The van der Waals surface area contributed by atoms with Gasteiger partial charge in [0.25, 0.3) is 5.91 Å². The average Bonchev–Trinajstić information content (AvgIpc) is 2.73. The number of methoxy groups -OCH3 is 1. The maximum atomic E-state index is 12.5. The quantitative estimate of drug-likeness (QED) is 0.748. The van der Waals surface area contributed by atoms with Gasteiger partial charge in [0.05, 0.1) is 13.2 Å². The third-order valence-electron chi connectivity index (χ3n) is 5.66. The summed E-state index contributed by atoms with van der Waals surface area (Å²) in [5.41, 5.74) is 2.05. The van der Waals surface area contributed by atoms with Crippen LogP contribution in [0.1, 0.15) is 60.4 Å². The number of nitrogens with one attached hydrogen (secondary N) is 2. The first-order valence-electron chi connectivity index (χ1n) is 9.95. The first-order valence-corrected chi connectivity index (χ1v) is 9.95. The molecule has 1 saturated heterocycles. The average molecular weight is 374 g/mol. The lowest BCUT2D eigenvalue weighted by molar-refractivity contribution is -0.148. The lowest BCUT2D eigenvalue weighted by Gasteiger charge is -2.29. The summed E-state index contributed by atoms with van der Waals surface area (Å²) < 4.78 is 10.1. The van der Waals surface area contributed by atoms with Crippen molar-refractivity contribution in [3.05, 3.63) is 35.4 Å². The maximum Gasteiger partial charge on any atom is 0.331 e. The van der Waals surface area contributed by atoms with E-state index in [0.29, 0.717) is 5.92 Å². The third kappa shape index (κ3) is 5.78. The van der Waals surface area contributed by atoms with E-state index in [2.05, 4.69) is 27.5 Å². The summed E-state index contributed by atoms with van der Waals surface area (Å²) in [6.45, 7) is 2.14. The summed E-state index contributed by atoms with van der Waals surface area (Å²) in [6, 6.07) is 8.25. The molecule has 1 amide bonds. The van der Waals surface area contributed by atoms with Crippen LogP contribution in [0.15, 0.2) is 24.3 Å². The molecule has 6 heteroatoms. The van der Waals surface area contributed by atoms with Crippen LogP contribution >= 0.6 is 0 Å². The predicted molar refractivity (Wildman–Crippen MR) is 103 cm³/mol. The van der Waals surface area contributed by atoms with Crippen molar-refractivity contribution in [3.63, 3.8) is 0 Å². The van der Waals surface area contributed by atoms with Crippen molar-refractivity contribution in [1.82, 2.24) is 10.6 Å². The minimum atomic E-state index is -0.349. The summed E-state index contributed by atoms with van der Waals surface area (Å²) in [4.78, 5) is 23.7. The number of ether oxygens (including phenoxy) is 2. The highest BCUT2D eigenvalue weighted by molar-refractivity contribution is 5.94. The van der Waals surface area contributed by atoms with Crippen molar-refractivity contribution in [2.24, 2.45) is 0 Å². The Morgan fingerprint density at radius 1 is 1.04 bits per heavy atom. The van der Waals surface area contributed by atoms with Gasteiger partial charge in [-0.05, 0) is 75.2 Å². The van der Waals surface area contributed by atoms with Gasteiger partial charge in [0, 0.05) is 11.6 Å². The zero-order valence-corrected chi connectivity index (χ0v) is 16.0. The van der Waals surface area contributed by atoms with Crippen LogP contribution in [-0.4, -0.2) is 50.8 Å². The number of hydrogen-bond acceptors (Lipinski definition) is 5. The van der Waals surface area contributed by atoms with Gasteiger partial charge in [-0.3, -0.25) is 4.79 Å². The lowest BCUT2D eigenvalue weighted by Crippen LogP contribution is -2.39. The first-order chi connectivity index (χ1) is 13.2. The van der Waals surface area contributed by atoms with Crippen LogP contribution in [0.4, 0.5) is 0 Å². The third-order valence-corrected chi connectivity index (χ3v) is 5.66. The summed E-state index contributed by atoms with van der Waals surface area (Å²) in [6.07, 6.45) is 5.81. The smallest absolute Gasteiger partial charge is 0.331 e. The van der Waals surface area contributed by atoms with E-state index in [1.807, 2.05) is 12.1 Å². The second-order valence-electron chi connectivity index (χ2n) is 7.48. The van der Waals surface area contributed by atoms with E-state index >= 15 is 0 Å². The highest BCUT2D eigenvalue weighted by Crippen LogP contribution is 2.25. The number of hydrogen-bond donors (Lipinski definition) is 2. The topological polar surface area (TPSA) is 76.7 Å². The fourth-order valence-corrected chi connectivity index (χ4v) is 3.95. The molecular weight excluding hydrogens is 344 g/mol. The van der Waals surface area contributed by atoms with Crippen LogP contribution in [0.3, 0.4) is 0 Å². The molecular formula is C21H30N2O4. The van der Waals surface area contributed by atoms with Crippen LogP contribution in [-0.2, 0) is 14.3 Å². The number of esters is 1. The number of benzene rings is 1. The van der Waals surface area contributed by atoms with E-state index in [0.717, 1.165) is 57.2 Å². The summed E-state index contributed by atoms with van der Waals surface area (Å²) in [7, 11) is 1.36. The second kappa shape index (κ2) is 9.85. The molecule has 27 heavy (non-hydrogen) atoms.